The van der Waals surface area contributed by atoms with E-state index in [0.717, 1.165) is 40.8 Å². The quantitative estimate of drug-likeness (QED) is 0.0200. The van der Waals surface area contributed by atoms with E-state index < -0.39 is 5.91 Å². The van der Waals surface area contributed by atoms with Gasteiger partial charge in [-0.25, -0.2) is 0 Å². The lowest BCUT2D eigenvalue weighted by Gasteiger charge is -2.19. The summed E-state index contributed by atoms with van der Waals surface area (Å²) < 4.78 is 0. The first-order valence-corrected chi connectivity index (χ1v) is 24.7. The molecule has 0 aliphatic carbocycles. The molecule has 400 valence electrons. The number of allylic oxidation sites excluding steroid dienone is 2. The highest BCUT2D eigenvalue weighted by Crippen LogP contribution is 2.23. The molecule has 0 spiro atoms. The normalized spacial score (nSPS) is 10.0. The van der Waals surface area contributed by atoms with E-state index in [1.54, 1.807) is 84.6 Å². The third-order valence-corrected chi connectivity index (χ3v) is 11.1. The van der Waals surface area contributed by atoms with E-state index in [1.165, 1.54) is 6.92 Å². The maximum atomic E-state index is 12.3. The minimum Gasteiger partial charge on any atom is -0.412 e. The molecule has 0 fully saturated rings. The fourth-order valence-electron chi connectivity index (χ4n) is 6.44. The number of halogens is 1. The number of Topliss-reactive ketones (excluding diaryl/α,β-unsaturated/α-hetero) is 1. The highest BCUT2D eigenvalue weighted by Gasteiger charge is 2.15. The Bertz CT molecular complexity index is 2800. The van der Waals surface area contributed by atoms with Gasteiger partial charge >= 0.3 is 0 Å². The lowest BCUT2D eigenvalue weighted by atomic mass is 10.0. The minimum absolute atomic E-state index is 0. The molecule has 0 saturated carbocycles. The first-order valence-electron chi connectivity index (χ1n) is 24.3. The molecule has 0 atom stereocenters. The van der Waals surface area contributed by atoms with Gasteiger partial charge in [-0.05, 0) is 170 Å². The van der Waals surface area contributed by atoms with Crippen LogP contribution in [0, 0.1) is 27.7 Å². The number of rotatable bonds is 17. The van der Waals surface area contributed by atoms with Crippen molar-refractivity contribution in [2.45, 2.75) is 82.6 Å². The first kappa shape index (κ1) is 66.9. The predicted octanol–water partition coefficient (Wildman–Crippen LogP) is 12.7. The molecule has 5 aromatic rings. The van der Waals surface area contributed by atoms with Crippen LogP contribution < -0.4 is 27.0 Å². The third kappa shape index (κ3) is 23.1. The molecule has 5 amide bonds. The van der Waals surface area contributed by atoms with Crippen molar-refractivity contribution in [1.29, 1.82) is 0 Å². The van der Waals surface area contributed by atoms with Crippen LogP contribution in [0.15, 0.2) is 165 Å². The van der Waals surface area contributed by atoms with Crippen LogP contribution in [0.4, 0.5) is 17.1 Å². The number of hydrogen-bond donors (Lipinski definition) is 5. The van der Waals surface area contributed by atoms with E-state index in [9.17, 15) is 28.8 Å². The molecule has 75 heavy (non-hydrogen) atoms. The maximum absolute atomic E-state index is 12.3. The predicted molar refractivity (Wildman–Crippen MR) is 312 cm³/mol. The van der Waals surface area contributed by atoms with E-state index in [4.69, 9.17) is 17.3 Å². The zero-order valence-electron chi connectivity index (χ0n) is 45.5. The van der Waals surface area contributed by atoms with E-state index in [-0.39, 0.29) is 34.9 Å². The number of carbonyl (C=O) groups is 6. The summed E-state index contributed by atoms with van der Waals surface area (Å²) in [5.41, 5.74) is 14.7. The Kier molecular flexibility index (Phi) is 32.0. The van der Waals surface area contributed by atoms with Gasteiger partial charge in [-0.15, -0.1) is 13.2 Å². The lowest BCUT2D eigenvalue weighted by Crippen LogP contribution is -2.30. The van der Waals surface area contributed by atoms with Crippen molar-refractivity contribution in [3.63, 3.8) is 0 Å². The van der Waals surface area contributed by atoms with Gasteiger partial charge in [0.1, 0.15) is 0 Å². The molecule has 0 aliphatic heterocycles. The summed E-state index contributed by atoms with van der Waals surface area (Å²) >= 11 is 6.04. The number of nitrogens with two attached hydrogens (primary N) is 1. The molecule has 5 rings (SSSR count). The number of nitrogens with one attached hydrogen (secondary N) is 4. The van der Waals surface area contributed by atoms with E-state index in [2.05, 4.69) is 41.0 Å². The lowest BCUT2D eigenvalue weighted by molar-refractivity contribution is -0.112. The van der Waals surface area contributed by atoms with Crippen molar-refractivity contribution in [2.75, 3.05) is 35.6 Å². The van der Waals surface area contributed by atoms with Crippen LogP contribution in [-0.2, 0) is 4.79 Å². The van der Waals surface area contributed by atoms with Crippen LogP contribution in [-0.4, -0.2) is 65.3 Å². The van der Waals surface area contributed by atoms with Gasteiger partial charge in [-0.3, -0.25) is 28.8 Å². The van der Waals surface area contributed by atoms with Crippen molar-refractivity contribution in [3.8, 4) is 0 Å². The molecule has 8 N–H and O–H groups in total. The smallest absolute Gasteiger partial charge is 0.255 e. The standard InChI is InChI=1S/C19H24N2O2.C17H16ClNO2.C16H16N2O2.C7H13N.C2H6.H2O/c1-6-13-21(8-3)19(23)16-9-11-17(12-10-16)20-18(22)15(5)14(4)7-2;1-10-4-5-11(2)15(8-10)17(21)19-13-6-7-14(12(3)20)16(18)9-13;1-10-5-3-4-6-14(10)16(20)18-12-7-8-13(15(17)19)11(2)9-12;1-3-5-7-8-6-4-2;1-2;/h6-7,9-12H,1,5,8,13H2,2-4H3,(H,20,22);4-9H,1-3H3,(H,19,21);3-9H,1-2H3,(H2,17,19)(H,18,20);3-4,6,8H,1,5,7H2,2H3;1-2H3;1H2/b14-7-;;;6-4-;;. The Hall–Kier alpha value is -8.13. The molecule has 0 aliphatic rings. The topological polar surface area (TPSA) is 211 Å². The Balaban J connectivity index is 0.000000999. The second kappa shape index (κ2) is 35.9. The summed E-state index contributed by atoms with van der Waals surface area (Å²) in [6.45, 7) is 33.7. The summed E-state index contributed by atoms with van der Waals surface area (Å²) in [7, 11) is 0. The molecular formula is C61H77ClN6O7. The second-order valence-electron chi connectivity index (χ2n) is 16.3. The maximum Gasteiger partial charge on any atom is 0.255 e. The Labute approximate surface area is 450 Å². The third-order valence-electron chi connectivity index (χ3n) is 10.8. The average Bonchev–Trinajstić information content (AvgIpc) is 3.38. The number of hydrogen-bond acceptors (Lipinski definition) is 7. The van der Waals surface area contributed by atoms with Gasteiger partial charge < -0.3 is 37.4 Å². The highest BCUT2D eigenvalue weighted by molar-refractivity contribution is 6.34. The minimum atomic E-state index is -0.473. The summed E-state index contributed by atoms with van der Waals surface area (Å²) in [6, 6.07) is 29.8. The molecule has 5 aromatic carbocycles. The monoisotopic (exact) mass is 1040 g/mol. The van der Waals surface area contributed by atoms with Gasteiger partial charge in [0.15, 0.2) is 5.78 Å². The number of likely N-dealkylation sites (N-methyl/N-ethyl adjacent to an activating group) is 1. The molecule has 0 aromatic heterocycles. The summed E-state index contributed by atoms with van der Waals surface area (Å²) in [5.74, 6) is -1.25. The number of anilines is 3. The van der Waals surface area contributed by atoms with E-state index >= 15 is 0 Å². The Morgan fingerprint density at radius 1 is 0.667 bits per heavy atom. The first-order chi connectivity index (χ1) is 35.2. The van der Waals surface area contributed by atoms with Crippen molar-refractivity contribution in [2.24, 2.45) is 5.73 Å². The molecule has 0 saturated heterocycles. The zero-order valence-corrected chi connectivity index (χ0v) is 46.3. The highest BCUT2D eigenvalue weighted by atomic mass is 35.5. The van der Waals surface area contributed by atoms with Crippen LogP contribution in [0.1, 0.15) is 129 Å². The van der Waals surface area contributed by atoms with E-state index in [0.29, 0.717) is 68.6 Å². The Morgan fingerprint density at radius 3 is 1.73 bits per heavy atom. The van der Waals surface area contributed by atoms with Crippen LogP contribution >= 0.6 is 11.6 Å². The van der Waals surface area contributed by atoms with Crippen molar-refractivity contribution in [1.82, 2.24) is 10.2 Å². The number of nitrogens with zero attached hydrogens (tertiary/aromatic N) is 1. The molecule has 0 unspecified atom stereocenters. The molecule has 0 radical (unpaired) electrons. The van der Waals surface area contributed by atoms with Gasteiger partial charge in [0.05, 0.1) is 5.02 Å². The molecule has 0 heterocycles. The van der Waals surface area contributed by atoms with Crippen LogP contribution in [0.5, 0.6) is 0 Å². The van der Waals surface area contributed by atoms with Gasteiger partial charge in [0.25, 0.3) is 23.6 Å². The Morgan fingerprint density at radius 2 is 1.23 bits per heavy atom. The van der Waals surface area contributed by atoms with Gasteiger partial charge in [0, 0.05) is 70.1 Å². The summed E-state index contributed by atoms with van der Waals surface area (Å²) in [5, 5.41) is 11.8. The van der Waals surface area contributed by atoms with Crippen LogP contribution in [0.25, 0.3) is 0 Å². The number of aryl methyl sites for hydroxylation is 4. The summed E-state index contributed by atoms with van der Waals surface area (Å²) in [6.07, 6.45) is 10.4. The van der Waals surface area contributed by atoms with Gasteiger partial charge in [-0.1, -0.05) is 92.2 Å². The van der Waals surface area contributed by atoms with Gasteiger partial charge in [-0.2, -0.15) is 0 Å². The van der Waals surface area contributed by atoms with Crippen molar-refractivity contribution >= 4 is 64.0 Å². The fourth-order valence-corrected chi connectivity index (χ4v) is 6.75. The van der Waals surface area contributed by atoms with Crippen molar-refractivity contribution in [3.05, 3.63) is 220 Å². The van der Waals surface area contributed by atoms with Crippen LogP contribution in [0.2, 0.25) is 5.02 Å². The van der Waals surface area contributed by atoms with Crippen molar-refractivity contribution < 1.29 is 34.2 Å². The average molecular weight is 1040 g/mol. The zero-order chi connectivity index (χ0) is 55.9. The molecule has 14 heteroatoms. The molecular weight excluding hydrogens is 964 g/mol. The second-order valence-corrected chi connectivity index (χ2v) is 16.7. The van der Waals surface area contributed by atoms with E-state index in [1.807, 2.05) is 123 Å². The van der Waals surface area contributed by atoms with Gasteiger partial charge in [0.2, 0.25) is 5.91 Å². The number of ketones is 1. The summed E-state index contributed by atoms with van der Waals surface area (Å²) in [4.78, 5) is 73.0. The number of primary amides is 1. The fraction of sp³-hybridized carbons (Fsp3) is 0.246. The number of benzene rings is 5. The molecule has 0 bridgehead atoms. The number of carbonyl (C=O) groups excluding carboxylic acids is 6. The largest absolute Gasteiger partial charge is 0.412 e. The van der Waals surface area contributed by atoms with Crippen LogP contribution in [0.3, 0.4) is 0 Å². The SMILES string of the molecule is C=CCCN/C=C\C.C=CCN(CC)C(=O)c1ccc(NC(=O)C(=C)/C(C)=C\C)cc1.CC.CC(=O)c1ccc(NC(=O)c2cc(C)ccc2C)cc1Cl.Cc1cc(NC(=O)c2ccccc2C)ccc1C(N)=O.O. The number of amides is 5. The molecule has 13 nitrogen and oxygen atoms in total.